The van der Waals surface area contributed by atoms with Crippen molar-refractivity contribution >= 4 is 18.3 Å². The molecule has 1 aliphatic rings. The number of hydrogen-bond donors (Lipinski definition) is 2. The minimum absolute atomic E-state index is 0. The van der Waals surface area contributed by atoms with Gasteiger partial charge in [0.05, 0.1) is 6.10 Å². The summed E-state index contributed by atoms with van der Waals surface area (Å²) in [6, 6.07) is 10.2. The van der Waals surface area contributed by atoms with Crippen LogP contribution in [0.3, 0.4) is 0 Å². The maximum atomic E-state index is 11.5. The summed E-state index contributed by atoms with van der Waals surface area (Å²) in [5.41, 5.74) is 6.57. The van der Waals surface area contributed by atoms with Gasteiger partial charge in [0.15, 0.2) is 0 Å². The first-order chi connectivity index (χ1) is 9.31. The molecule has 1 aliphatic heterocycles. The molecule has 1 aromatic rings. The molecule has 5 heteroatoms. The predicted molar refractivity (Wildman–Crippen MR) is 81.8 cm³/mol. The van der Waals surface area contributed by atoms with Gasteiger partial charge in [0.1, 0.15) is 0 Å². The lowest BCUT2D eigenvalue weighted by molar-refractivity contribution is -0.121. The Hall–Kier alpha value is -1.10. The molecule has 0 aromatic heterocycles. The van der Waals surface area contributed by atoms with E-state index in [9.17, 15) is 4.79 Å². The summed E-state index contributed by atoms with van der Waals surface area (Å²) in [7, 11) is 0. The smallest absolute Gasteiger partial charge is 0.221 e. The molecule has 0 radical (unpaired) electrons. The number of ether oxygens (including phenoxy) is 1. The highest BCUT2D eigenvalue weighted by Gasteiger charge is 2.27. The summed E-state index contributed by atoms with van der Waals surface area (Å²) >= 11 is 0. The second-order valence-electron chi connectivity index (χ2n) is 4.95. The molecule has 4 nitrogen and oxygen atoms in total. The third-order valence-corrected chi connectivity index (χ3v) is 3.51. The molecule has 112 valence electrons. The molecule has 1 amide bonds. The summed E-state index contributed by atoms with van der Waals surface area (Å²) in [5, 5.41) is 2.95. The second kappa shape index (κ2) is 8.95. The van der Waals surface area contributed by atoms with Crippen LogP contribution in [0, 0.1) is 5.92 Å². The van der Waals surface area contributed by atoms with Crippen LogP contribution in [0.1, 0.15) is 30.9 Å². The van der Waals surface area contributed by atoms with Crippen LogP contribution < -0.4 is 11.1 Å². The standard InChI is InChI=1S/C15H22N2O2.ClH/c16-9-8-14(18)17-11-13-7-4-10-19-15(13)12-5-2-1-3-6-12;/h1-3,5-6,13,15H,4,7-11,16H2,(H,17,18);1H. The average Bonchev–Trinajstić information content (AvgIpc) is 2.47. The van der Waals surface area contributed by atoms with Gasteiger partial charge in [0, 0.05) is 32.0 Å². The Kier molecular flexibility index (Phi) is 7.59. The SMILES string of the molecule is Cl.NCCC(=O)NCC1CCCOC1c1ccccc1. The Balaban J connectivity index is 0.00000200. The van der Waals surface area contributed by atoms with Gasteiger partial charge < -0.3 is 15.8 Å². The lowest BCUT2D eigenvalue weighted by Crippen LogP contribution is -2.35. The van der Waals surface area contributed by atoms with E-state index in [2.05, 4.69) is 17.4 Å². The topological polar surface area (TPSA) is 64.4 Å². The molecule has 1 fully saturated rings. The molecular formula is C15H23ClN2O2. The fourth-order valence-electron chi connectivity index (χ4n) is 2.53. The highest BCUT2D eigenvalue weighted by Crippen LogP contribution is 2.32. The largest absolute Gasteiger partial charge is 0.373 e. The Morgan fingerprint density at radius 3 is 2.80 bits per heavy atom. The normalized spacial score (nSPS) is 21.9. The van der Waals surface area contributed by atoms with Gasteiger partial charge in [-0.2, -0.15) is 0 Å². The maximum Gasteiger partial charge on any atom is 0.221 e. The zero-order chi connectivity index (χ0) is 13.5. The molecule has 0 bridgehead atoms. The molecule has 2 unspecified atom stereocenters. The van der Waals surface area contributed by atoms with Crippen LogP contribution in [0.15, 0.2) is 30.3 Å². The van der Waals surface area contributed by atoms with Crippen molar-refractivity contribution in [2.75, 3.05) is 19.7 Å². The van der Waals surface area contributed by atoms with Gasteiger partial charge in [-0.15, -0.1) is 12.4 Å². The van der Waals surface area contributed by atoms with Crippen LogP contribution in [0.25, 0.3) is 0 Å². The molecule has 0 aliphatic carbocycles. The van der Waals surface area contributed by atoms with E-state index in [1.807, 2.05) is 18.2 Å². The van der Waals surface area contributed by atoms with Crippen molar-refractivity contribution in [3.63, 3.8) is 0 Å². The quantitative estimate of drug-likeness (QED) is 0.874. The molecule has 1 aromatic carbocycles. The van der Waals surface area contributed by atoms with E-state index >= 15 is 0 Å². The number of halogens is 1. The Labute approximate surface area is 126 Å². The minimum Gasteiger partial charge on any atom is -0.373 e. The molecule has 0 spiro atoms. The minimum atomic E-state index is 0. The van der Waals surface area contributed by atoms with Crippen molar-refractivity contribution in [1.82, 2.24) is 5.32 Å². The Morgan fingerprint density at radius 2 is 2.10 bits per heavy atom. The lowest BCUT2D eigenvalue weighted by Gasteiger charge is -2.32. The number of nitrogens with two attached hydrogens (primary N) is 1. The fourth-order valence-corrected chi connectivity index (χ4v) is 2.53. The monoisotopic (exact) mass is 298 g/mol. The van der Waals surface area contributed by atoms with Crippen molar-refractivity contribution in [2.45, 2.75) is 25.4 Å². The van der Waals surface area contributed by atoms with Crippen molar-refractivity contribution < 1.29 is 9.53 Å². The van der Waals surface area contributed by atoms with E-state index in [0.717, 1.165) is 19.4 Å². The van der Waals surface area contributed by atoms with Gasteiger partial charge in [-0.1, -0.05) is 30.3 Å². The molecule has 3 N–H and O–H groups in total. The molecule has 2 rings (SSSR count). The van der Waals surface area contributed by atoms with Gasteiger partial charge in [-0.25, -0.2) is 0 Å². The average molecular weight is 299 g/mol. The first-order valence-corrected chi connectivity index (χ1v) is 6.94. The van der Waals surface area contributed by atoms with Crippen LogP contribution >= 0.6 is 12.4 Å². The molecule has 20 heavy (non-hydrogen) atoms. The summed E-state index contributed by atoms with van der Waals surface area (Å²) in [6.07, 6.45) is 2.63. The number of carbonyl (C=O) groups is 1. The van der Waals surface area contributed by atoms with Gasteiger partial charge in [-0.3, -0.25) is 4.79 Å². The van der Waals surface area contributed by atoms with Gasteiger partial charge in [0.2, 0.25) is 5.91 Å². The molecule has 1 heterocycles. The van der Waals surface area contributed by atoms with E-state index in [1.54, 1.807) is 0 Å². The van der Waals surface area contributed by atoms with Crippen molar-refractivity contribution in [3.8, 4) is 0 Å². The maximum absolute atomic E-state index is 11.5. The second-order valence-corrected chi connectivity index (χ2v) is 4.95. The van der Waals surface area contributed by atoms with Gasteiger partial charge in [0.25, 0.3) is 0 Å². The number of rotatable bonds is 5. The zero-order valence-electron chi connectivity index (χ0n) is 11.6. The Morgan fingerprint density at radius 1 is 1.35 bits per heavy atom. The summed E-state index contributed by atoms with van der Waals surface area (Å²) in [5.74, 6) is 0.373. The van der Waals surface area contributed by atoms with Gasteiger partial charge >= 0.3 is 0 Å². The Bertz CT molecular complexity index is 400. The van der Waals surface area contributed by atoms with E-state index < -0.39 is 0 Å². The molecular weight excluding hydrogens is 276 g/mol. The number of hydrogen-bond acceptors (Lipinski definition) is 3. The number of carbonyl (C=O) groups excluding carboxylic acids is 1. The van der Waals surface area contributed by atoms with E-state index in [0.29, 0.717) is 25.4 Å². The van der Waals surface area contributed by atoms with Crippen LogP contribution in [-0.2, 0) is 9.53 Å². The van der Waals surface area contributed by atoms with Gasteiger partial charge in [-0.05, 0) is 18.4 Å². The van der Waals surface area contributed by atoms with E-state index in [4.69, 9.17) is 10.5 Å². The molecule has 1 saturated heterocycles. The van der Waals surface area contributed by atoms with Crippen LogP contribution in [0.5, 0.6) is 0 Å². The summed E-state index contributed by atoms with van der Waals surface area (Å²) in [4.78, 5) is 11.5. The highest BCUT2D eigenvalue weighted by molar-refractivity contribution is 5.85. The summed E-state index contributed by atoms with van der Waals surface area (Å²) in [6.45, 7) is 1.86. The highest BCUT2D eigenvalue weighted by atomic mass is 35.5. The number of benzene rings is 1. The zero-order valence-corrected chi connectivity index (χ0v) is 12.4. The first-order valence-electron chi connectivity index (χ1n) is 6.94. The first kappa shape index (κ1) is 17.0. The molecule has 2 atom stereocenters. The van der Waals surface area contributed by atoms with E-state index in [-0.39, 0.29) is 24.4 Å². The fraction of sp³-hybridized carbons (Fsp3) is 0.533. The van der Waals surface area contributed by atoms with Crippen LogP contribution in [-0.4, -0.2) is 25.6 Å². The third kappa shape index (κ3) is 4.78. The van der Waals surface area contributed by atoms with E-state index in [1.165, 1.54) is 5.56 Å². The molecule has 0 saturated carbocycles. The van der Waals surface area contributed by atoms with Crippen LogP contribution in [0.2, 0.25) is 0 Å². The lowest BCUT2D eigenvalue weighted by atomic mass is 9.89. The van der Waals surface area contributed by atoms with Crippen molar-refractivity contribution in [1.29, 1.82) is 0 Å². The van der Waals surface area contributed by atoms with Crippen LogP contribution in [0.4, 0.5) is 0 Å². The summed E-state index contributed by atoms with van der Waals surface area (Å²) < 4.78 is 5.89. The predicted octanol–water partition coefficient (Wildman–Crippen LogP) is 2.04. The number of amides is 1. The van der Waals surface area contributed by atoms with Crippen molar-refractivity contribution in [2.24, 2.45) is 11.7 Å². The number of nitrogens with one attached hydrogen (secondary N) is 1. The van der Waals surface area contributed by atoms with Crippen molar-refractivity contribution in [3.05, 3.63) is 35.9 Å². The third-order valence-electron chi connectivity index (χ3n) is 3.51.